The Morgan fingerprint density at radius 3 is 2.90 bits per heavy atom. The van der Waals surface area contributed by atoms with Gasteiger partial charge in [0.25, 0.3) is 0 Å². The van der Waals surface area contributed by atoms with Crippen molar-refractivity contribution in [1.82, 2.24) is 14.4 Å². The van der Waals surface area contributed by atoms with Crippen LogP contribution in [-0.4, -0.2) is 14.4 Å². The lowest BCUT2D eigenvalue weighted by molar-refractivity contribution is 0.979. The Balaban J connectivity index is 2.03. The van der Waals surface area contributed by atoms with E-state index >= 15 is 0 Å². The van der Waals surface area contributed by atoms with Crippen molar-refractivity contribution in [2.45, 2.75) is 6.92 Å². The average Bonchev–Trinajstić information content (AvgIpc) is 3.01. The van der Waals surface area contributed by atoms with Crippen LogP contribution in [0.4, 0.5) is 0 Å². The van der Waals surface area contributed by atoms with Gasteiger partial charge in [-0.2, -0.15) is 0 Å². The third-order valence-electron chi connectivity index (χ3n) is 3.64. The maximum atomic E-state index is 11.9. The predicted octanol–water partition coefficient (Wildman–Crippen LogP) is 3.08. The molecule has 0 aliphatic heterocycles. The molecule has 98 valence electrons. The first-order chi connectivity index (χ1) is 9.72. The third-order valence-corrected chi connectivity index (χ3v) is 3.64. The molecular weight excluding hydrogens is 250 g/mol. The summed E-state index contributed by atoms with van der Waals surface area (Å²) in [5.74, 6) is 0. The molecular formula is C16H13N3O. The van der Waals surface area contributed by atoms with Crippen LogP contribution in [0, 0.1) is 6.92 Å². The SMILES string of the molecule is Cc1cc2cc(-c3c[nH]c4ccccc34)cn2c(=O)[nH]1. The molecule has 4 rings (SSSR count). The van der Waals surface area contributed by atoms with E-state index in [9.17, 15) is 4.79 Å². The molecule has 2 N–H and O–H groups in total. The Kier molecular flexibility index (Phi) is 2.15. The minimum atomic E-state index is -0.105. The molecule has 0 radical (unpaired) electrons. The fraction of sp³-hybridized carbons (Fsp3) is 0.0625. The topological polar surface area (TPSA) is 53.1 Å². The fourth-order valence-electron chi connectivity index (χ4n) is 2.71. The molecule has 1 aromatic carbocycles. The lowest BCUT2D eigenvalue weighted by atomic mass is 10.1. The van der Waals surface area contributed by atoms with Crippen LogP contribution in [0.3, 0.4) is 0 Å². The number of H-pyrrole nitrogens is 2. The summed E-state index contributed by atoms with van der Waals surface area (Å²) >= 11 is 0. The Hall–Kier alpha value is -2.75. The van der Waals surface area contributed by atoms with E-state index in [1.54, 1.807) is 4.40 Å². The lowest BCUT2D eigenvalue weighted by Gasteiger charge is -1.94. The molecule has 0 bridgehead atoms. The van der Waals surface area contributed by atoms with E-state index in [4.69, 9.17) is 0 Å². The second-order valence-electron chi connectivity index (χ2n) is 5.03. The maximum Gasteiger partial charge on any atom is 0.330 e. The normalized spacial score (nSPS) is 11.4. The molecule has 0 aliphatic rings. The van der Waals surface area contributed by atoms with Crippen LogP contribution in [0.2, 0.25) is 0 Å². The van der Waals surface area contributed by atoms with Gasteiger partial charge < -0.3 is 9.97 Å². The highest BCUT2D eigenvalue weighted by atomic mass is 16.1. The van der Waals surface area contributed by atoms with Gasteiger partial charge in [-0.1, -0.05) is 18.2 Å². The molecule has 0 spiro atoms. The summed E-state index contributed by atoms with van der Waals surface area (Å²) in [5.41, 5.74) is 4.92. The van der Waals surface area contributed by atoms with Crippen LogP contribution in [0.1, 0.15) is 5.69 Å². The van der Waals surface area contributed by atoms with Crippen molar-refractivity contribution < 1.29 is 0 Å². The van der Waals surface area contributed by atoms with E-state index < -0.39 is 0 Å². The summed E-state index contributed by atoms with van der Waals surface area (Å²) in [6, 6.07) is 12.2. The smallest absolute Gasteiger partial charge is 0.330 e. The second-order valence-corrected chi connectivity index (χ2v) is 5.03. The van der Waals surface area contributed by atoms with E-state index in [0.717, 1.165) is 33.2 Å². The van der Waals surface area contributed by atoms with Gasteiger partial charge in [0.2, 0.25) is 0 Å². The highest BCUT2D eigenvalue weighted by Crippen LogP contribution is 2.29. The Morgan fingerprint density at radius 1 is 1.15 bits per heavy atom. The van der Waals surface area contributed by atoms with Gasteiger partial charge in [0.05, 0.1) is 5.52 Å². The molecule has 0 fully saturated rings. The van der Waals surface area contributed by atoms with Crippen LogP contribution in [0.15, 0.2) is 53.6 Å². The highest BCUT2D eigenvalue weighted by Gasteiger charge is 2.09. The van der Waals surface area contributed by atoms with Crippen LogP contribution >= 0.6 is 0 Å². The van der Waals surface area contributed by atoms with Gasteiger partial charge in [0.15, 0.2) is 0 Å². The number of nitrogens with one attached hydrogen (secondary N) is 2. The van der Waals surface area contributed by atoms with Crippen LogP contribution < -0.4 is 5.69 Å². The molecule has 3 aromatic heterocycles. The summed E-state index contributed by atoms with van der Waals surface area (Å²) < 4.78 is 1.64. The molecule has 3 heterocycles. The number of fused-ring (bicyclic) bond motifs is 2. The number of para-hydroxylation sites is 1. The second kappa shape index (κ2) is 3.87. The molecule has 0 saturated heterocycles. The van der Waals surface area contributed by atoms with E-state index in [1.165, 1.54) is 0 Å². The van der Waals surface area contributed by atoms with Crippen molar-refractivity contribution in [2.24, 2.45) is 0 Å². The van der Waals surface area contributed by atoms with E-state index in [-0.39, 0.29) is 5.69 Å². The third kappa shape index (κ3) is 1.51. The van der Waals surface area contributed by atoms with Gasteiger partial charge in [-0.05, 0) is 25.1 Å². The minimum absolute atomic E-state index is 0.105. The van der Waals surface area contributed by atoms with Crippen molar-refractivity contribution in [2.75, 3.05) is 0 Å². The number of aromatic nitrogens is 3. The lowest BCUT2D eigenvalue weighted by Crippen LogP contribution is -2.15. The molecule has 4 aromatic rings. The van der Waals surface area contributed by atoms with E-state index in [1.807, 2.05) is 49.6 Å². The van der Waals surface area contributed by atoms with E-state index in [0.29, 0.717) is 0 Å². The van der Waals surface area contributed by atoms with Gasteiger partial charge in [-0.3, -0.25) is 4.40 Å². The summed E-state index contributed by atoms with van der Waals surface area (Å²) in [4.78, 5) is 18.0. The predicted molar refractivity (Wildman–Crippen MR) is 80.0 cm³/mol. The zero-order chi connectivity index (χ0) is 13.7. The Labute approximate surface area is 114 Å². The van der Waals surface area contributed by atoms with Crippen molar-refractivity contribution in [1.29, 1.82) is 0 Å². The molecule has 4 nitrogen and oxygen atoms in total. The number of nitrogens with zero attached hydrogens (tertiary/aromatic N) is 1. The fourth-order valence-corrected chi connectivity index (χ4v) is 2.71. The molecule has 0 unspecified atom stereocenters. The number of benzene rings is 1. The Bertz CT molecular complexity index is 988. The summed E-state index contributed by atoms with van der Waals surface area (Å²) in [7, 11) is 0. The van der Waals surface area contributed by atoms with Gasteiger partial charge in [-0.15, -0.1) is 0 Å². The number of aryl methyl sites for hydroxylation is 1. The standard InChI is InChI=1S/C16H13N3O/c1-10-6-12-7-11(9-19(12)16(20)18-10)14-8-17-15-5-3-2-4-13(14)15/h2-9,17H,1H3,(H,18,20). The molecule has 20 heavy (non-hydrogen) atoms. The van der Waals surface area contributed by atoms with Crippen molar-refractivity contribution in [3.05, 3.63) is 65.0 Å². The Morgan fingerprint density at radius 2 is 2.00 bits per heavy atom. The van der Waals surface area contributed by atoms with Gasteiger partial charge in [0, 0.05) is 40.1 Å². The number of hydrogen-bond acceptors (Lipinski definition) is 1. The number of rotatable bonds is 1. The number of hydrogen-bond donors (Lipinski definition) is 2. The first-order valence-corrected chi connectivity index (χ1v) is 6.51. The van der Waals surface area contributed by atoms with Gasteiger partial charge in [-0.25, -0.2) is 4.79 Å². The zero-order valence-electron chi connectivity index (χ0n) is 11.0. The maximum absolute atomic E-state index is 11.9. The van der Waals surface area contributed by atoms with Gasteiger partial charge >= 0.3 is 5.69 Å². The molecule has 0 atom stereocenters. The molecule has 0 saturated carbocycles. The molecule has 0 aliphatic carbocycles. The van der Waals surface area contributed by atoms with Crippen molar-refractivity contribution in [3.63, 3.8) is 0 Å². The minimum Gasteiger partial charge on any atom is -0.361 e. The summed E-state index contributed by atoms with van der Waals surface area (Å²) in [6.07, 6.45) is 3.86. The summed E-state index contributed by atoms with van der Waals surface area (Å²) in [5, 5.41) is 1.16. The van der Waals surface area contributed by atoms with Crippen molar-refractivity contribution >= 4 is 16.4 Å². The highest BCUT2D eigenvalue weighted by molar-refractivity contribution is 5.96. The number of aromatic amines is 2. The average molecular weight is 263 g/mol. The van der Waals surface area contributed by atoms with Crippen LogP contribution in [-0.2, 0) is 0 Å². The molecule has 0 amide bonds. The summed E-state index contributed by atoms with van der Waals surface area (Å²) in [6.45, 7) is 1.89. The first kappa shape index (κ1) is 11.1. The van der Waals surface area contributed by atoms with Crippen molar-refractivity contribution in [3.8, 4) is 11.1 Å². The van der Waals surface area contributed by atoms with Gasteiger partial charge in [0.1, 0.15) is 0 Å². The van der Waals surface area contributed by atoms with E-state index in [2.05, 4.69) is 16.0 Å². The largest absolute Gasteiger partial charge is 0.361 e. The first-order valence-electron chi connectivity index (χ1n) is 6.51. The van der Waals surface area contributed by atoms with Crippen LogP contribution in [0.25, 0.3) is 27.5 Å². The monoisotopic (exact) mass is 263 g/mol. The quantitative estimate of drug-likeness (QED) is 0.545. The van der Waals surface area contributed by atoms with Crippen LogP contribution in [0.5, 0.6) is 0 Å². The molecule has 4 heteroatoms. The zero-order valence-corrected chi connectivity index (χ0v) is 11.0.